The van der Waals surface area contributed by atoms with Crippen molar-refractivity contribution in [2.45, 2.75) is 59.3 Å². The fraction of sp³-hybridized carbons (Fsp3) is 0.667. The molecule has 1 fully saturated rings. The average molecular weight is 220 g/mol. The number of hydrogen-bond acceptors (Lipinski definition) is 1. The molecule has 1 aliphatic rings. The monoisotopic (exact) mass is 220 g/mol. The van der Waals surface area contributed by atoms with Gasteiger partial charge in [0.15, 0.2) is 0 Å². The van der Waals surface area contributed by atoms with Crippen LogP contribution in [0.5, 0.6) is 0 Å². The van der Waals surface area contributed by atoms with E-state index in [9.17, 15) is 4.79 Å². The van der Waals surface area contributed by atoms with E-state index in [0.717, 1.165) is 38.5 Å². The quantitative estimate of drug-likeness (QED) is 0.494. The van der Waals surface area contributed by atoms with Crippen molar-refractivity contribution in [3.05, 3.63) is 23.3 Å². The predicted molar refractivity (Wildman–Crippen MR) is 69.4 cm³/mol. The van der Waals surface area contributed by atoms with Crippen molar-refractivity contribution < 1.29 is 4.79 Å². The Labute approximate surface area is 99.6 Å². The van der Waals surface area contributed by atoms with Gasteiger partial charge in [-0.15, -0.1) is 0 Å². The second-order valence-corrected chi connectivity index (χ2v) is 5.17. The van der Waals surface area contributed by atoms with Gasteiger partial charge in [-0.1, -0.05) is 23.3 Å². The van der Waals surface area contributed by atoms with Crippen LogP contribution in [0, 0.1) is 5.92 Å². The van der Waals surface area contributed by atoms with Crippen LogP contribution in [0.2, 0.25) is 0 Å². The third-order valence-electron chi connectivity index (χ3n) is 3.21. The van der Waals surface area contributed by atoms with E-state index < -0.39 is 0 Å². The summed E-state index contributed by atoms with van der Waals surface area (Å²) in [5, 5.41) is 0. The maximum absolute atomic E-state index is 11.5. The number of rotatable bonds is 5. The van der Waals surface area contributed by atoms with E-state index in [1.54, 1.807) is 0 Å². The smallest absolute Gasteiger partial charge is 0.136 e. The summed E-state index contributed by atoms with van der Waals surface area (Å²) in [6, 6.07) is 0. The van der Waals surface area contributed by atoms with Crippen LogP contribution in [0.15, 0.2) is 23.3 Å². The molecule has 0 N–H and O–H groups in total. The largest absolute Gasteiger partial charge is 0.299 e. The minimum Gasteiger partial charge on any atom is -0.299 e. The number of Topliss-reactive ketones (excluding diaryl/α,β-unsaturated/α-hetero) is 1. The Morgan fingerprint density at radius 2 is 1.94 bits per heavy atom. The van der Waals surface area contributed by atoms with Crippen molar-refractivity contribution in [3.8, 4) is 0 Å². The van der Waals surface area contributed by atoms with Gasteiger partial charge in [-0.25, -0.2) is 0 Å². The van der Waals surface area contributed by atoms with Crippen molar-refractivity contribution in [2.24, 2.45) is 5.92 Å². The van der Waals surface area contributed by atoms with Crippen molar-refractivity contribution in [2.75, 3.05) is 0 Å². The molecule has 0 heterocycles. The van der Waals surface area contributed by atoms with Gasteiger partial charge in [0.1, 0.15) is 5.78 Å². The van der Waals surface area contributed by atoms with Gasteiger partial charge < -0.3 is 0 Å². The lowest BCUT2D eigenvalue weighted by atomic mass is 9.97. The summed E-state index contributed by atoms with van der Waals surface area (Å²) in [7, 11) is 0. The highest BCUT2D eigenvalue weighted by molar-refractivity contribution is 5.83. The third kappa shape index (κ3) is 4.78. The SMILES string of the molecule is CC(C)=CCC/C=C(\C)CC1CCCC1=O. The summed E-state index contributed by atoms with van der Waals surface area (Å²) in [5.41, 5.74) is 2.78. The van der Waals surface area contributed by atoms with Gasteiger partial charge in [-0.3, -0.25) is 4.79 Å². The molecule has 0 amide bonds. The second kappa shape index (κ2) is 6.67. The Bertz CT molecular complexity index is 293. The fourth-order valence-corrected chi connectivity index (χ4v) is 2.28. The Morgan fingerprint density at radius 1 is 1.25 bits per heavy atom. The van der Waals surface area contributed by atoms with Gasteiger partial charge in [0.25, 0.3) is 0 Å². The molecule has 1 unspecified atom stereocenters. The molecule has 1 atom stereocenters. The second-order valence-electron chi connectivity index (χ2n) is 5.17. The zero-order chi connectivity index (χ0) is 12.0. The Kier molecular flexibility index (Phi) is 5.51. The molecule has 1 aliphatic carbocycles. The van der Waals surface area contributed by atoms with Crippen LogP contribution >= 0.6 is 0 Å². The van der Waals surface area contributed by atoms with Crippen LogP contribution in [-0.2, 0) is 4.79 Å². The van der Waals surface area contributed by atoms with Crippen molar-refractivity contribution >= 4 is 5.78 Å². The molecule has 16 heavy (non-hydrogen) atoms. The lowest BCUT2D eigenvalue weighted by Crippen LogP contribution is -2.06. The van der Waals surface area contributed by atoms with Crippen molar-refractivity contribution in [1.82, 2.24) is 0 Å². The Balaban J connectivity index is 2.28. The number of hydrogen-bond donors (Lipinski definition) is 0. The normalized spacial score (nSPS) is 21.3. The molecule has 0 bridgehead atoms. The molecule has 0 aromatic heterocycles. The van der Waals surface area contributed by atoms with Gasteiger partial charge in [0.05, 0.1) is 0 Å². The van der Waals surface area contributed by atoms with Gasteiger partial charge in [0, 0.05) is 12.3 Å². The summed E-state index contributed by atoms with van der Waals surface area (Å²) < 4.78 is 0. The molecule has 0 spiro atoms. The van der Waals surface area contributed by atoms with Crippen LogP contribution in [-0.4, -0.2) is 5.78 Å². The minimum atomic E-state index is 0.333. The lowest BCUT2D eigenvalue weighted by molar-refractivity contribution is -0.120. The van der Waals surface area contributed by atoms with E-state index in [-0.39, 0.29) is 0 Å². The Morgan fingerprint density at radius 3 is 2.50 bits per heavy atom. The molecule has 1 heteroatoms. The van der Waals surface area contributed by atoms with Gasteiger partial charge in [-0.2, -0.15) is 0 Å². The van der Waals surface area contributed by atoms with Crippen LogP contribution in [0.25, 0.3) is 0 Å². The first kappa shape index (κ1) is 13.2. The minimum absolute atomic E-state index is 0.333. The first-order valence-corrected chi connectivity index (χ1v) is 6.41. The number of unbranched alkanes of at least 4 members (excludes halogenated alkanes) is 1. The standard InChI is InChI=1S/C15H24O/c1-12(2)7-4-5-8-13(3)11-14-9-6-10-15(14)16/h7-8,14H,4-6,9-11H2,1-3H3/b13-8+. The van der Waals surface area contributed by atoms with E-state index >= 15 is 0 Å². The van der Waals surface area contributed by atoms with Gasteiger partial charge in [0.2, 0.25) is 0 Å². The molecule has 0 aliphatic heterocycles. The summed E-state index contributed by atoms with van der Waals surface area (Å²) >= 11 is 0. The number of allylic oxidation sites excluding steroid dienone is 4. The molecule has 1 rings (SSSR count). The number of carbonyl (C=O) groups excluding carboxylic acids is 1. The highest BCUT2D eigenvalue weighted by Crippen LogP contribution is 2.27. The van der Waals surface area contributed by atoms with Crippen molar-refractivity contribution in [1.29, 1.82) is 0 Å². The maximum Gasteiger partial charge on any atom is 0.136 e. The fourth-order valence-electron chi connectivity index (χ4n) is 2.28. The molecule has 0 aromatic rings. The molecule has 0 radical (unpaired) electrons. The number of ketones is 1. The average Bonchev–Trinajstić information content (AvgIpc) is 2.59. The maximum atomic E-state index is 11.5. The van der Waals surface area contributed by atoms with Crippen LogP contribution < -0.4 is 0 Å². The van der Waals surface area contributed by atoms with E-state index in [2.05, 4.69) is 32.9 Å². The summed E-state index contributed by atoms with van der Waals surface area (Å²) in [4.78, 5) is 11.5. The van der Waals surface area contributed by atoms with Gasteiger partial charge in [-0.05, 0) is 52.9 Å². The molecular weight excluding hydrogens is 196 g/mol. The highest BCUT2D eigenvalue weighted by Gasteiger charge is 2.23. The van der Waals surface area contributed by atoms with E-state index in [0.29, 0.717) is 11.7 Å². The predicted octanol–water partition coefficient (Wildman–Crippen LogP) is 4.44. The number of carbonyl (C=O) groups is 1. The summed E-state index contributed by atoms with van der Waals surface area (Å²) in [6.07, 6.45) is 10.8. The lowest BCUT2D eigenvalue weighted by Gasteiger charge is -2.07. The zero-order valence-electron chi connectivity index (χ0n) is 10.9. The first-order valence-electron chi connectivity index (χ1n) is 6.41. The summed E-state index contributed by atoms with van der Waals surface area (Å²) in [5.74, 6) is 0.816. The third-order valence-corrected chi connectivity index (χ3v) is 3.21. The molecule has 1 nitrogen and oxygen atoms in total. The highest BCUT2D eigenvalue weighted by atomic mass is 16.1. The van der Waals surface area contributed by atoms with E-state index in [1.165, 1.54) is 11.1 Å². The summed E-state index contributed by atoms with van der Waals surface area (Å²) in [6.45, 7) is 6.43. The Hall–Kier alpha value is -0.850. The molecule has 0 saturated heterocycles. The molecular formula is C15H24O. The first-order chi connectivity index (χ1) is 7.59. The van der Waals surface area contributed by atoms with Crippen molar-refractivity contribution in [3.63, 3.8) is 0 Å². The van der Waals surface area contributed by atoms with Crippen LogP contribution in [0.3, 0.4) is 0 Å². The molecule has 0 aromatic carbocycles. The molecule has 90 valence electrons. The van der Waals surface area contributed by atoms with Gasteiger partial charge >= 0.3 is 0 Å². The zero-order valence-corrected chi connectivity index (χ0v) is 10.9. The topological polar surface area (TPSA) is 17.1 Å². The van der Waals surface area contributed by atoms with Crippen LogP contribution in [0.4, 0.5) is 0 Å². The molecule has 1 saturated carbocycles. The van der Waals surface area contributed by atoms with E-state index in [4.69, 9.17) is 0 Å². The van der Waals surface area contributed by atoms with Crippen LogP contribution in [0.1, 0.15) is 59.3 Å². The van der Waals surface area contributed by atoms with E-state index in [1.807, 2.05) is 0 Å².